The second kappa shape index (κ2) is 9.38. The largest absolute Gasteiger partial charge is 0.494 e. The van der Waals surface area contributed by atoms with Crippen molar-refractivity contribution >= 4 is 23.4 Å². The molecule has 31 heavy (non-hydrogen) atoms. The Labute approximate surface area is 184 Å². The number of fused-ring (bicyclic) bond motifs is 1. The molecule has 7 nitrogen and oxygen atoms in total. The van der Waals surface area contributed by atoms with Crippen molar-refractivity contribution < 1.29 is 13.9 Å². The number of hydrogen-bond acceptors (Lipinski definition) is 6. The molecular formula is C22H24FN5O2S. The first-order valence-electron chi connectivity index (χ1n) is 10.3. The van der Waals surface area contributed by atoms with E-state index in [9.17, 15) is 9.18 Å². The number of rotatable bonds is 7. The molecule has 4 rings (SSSR count). The van der Waals surface area contributed by atoms with Gasteiger partial charge in [0, 0.05) is 12.1 Å². The number of nitrogens with zero attached hydrogens (tertiary/aromatic N) is 3. The van der Waals surface area contributed by atoms with Crippen LogP contribution in [-0.4, -0.2) is 32.6 Å². The Kier molecular flexibility index (Phi) is 6.41. The normalized spacial score (nSPS) is 17.5. The van der Waals surface area contributed by atoms with Crippen molar-refractivity contribution in [3.05, 3.63) is 65.7 Å². The summed E-state index contributed by atoms with van der Waals surface area (Å²) < 4.78 is 20.8. The number of amides is 1. The first-order valence-corrected chi connectivity index (χ1v) is 11.1. The molecule has 0 aliphatic carbocycles. The highest BCUT2D eigenvalue weighted by atomic mass is 32.2. The van der Waals surface area contributed by atoms with Crippen molar-refractivity contribution in [1.29, 1.82) is 0 Å². The molecule has 0 radical (unpaired) electrons. The van der Waals surface area contributed by atoms with Gasteiger partial charge in [0.05, 0.1) is 12.6 Å². The summed E-state index contributed by atoms with van der Waals surface area (Å²) >= 11 is 1.35. The number of benzene rings is 2. The van der Waals surface area contributed by atoms with Crippen molar-refractivity contribution in [2.45, 2.75) is 43.1 Å². The van der Waals surface area contributed by atoms with E-state index in [1.165, 1.54) is 23.9 Å². The minimum absolute atomic E-state index is 0.178. The van der Waals surface area contributed by atoms with Crippen LogP contribution in [0.15, 0.2) is 53.7 Å². The van der Waals surface area contributed by atoms with Gasteiger partial charge in [0.15, 0.2) is 5.82 Å². The fraction of sp³-hybridized carbons (Fsp3) is 0.318. The molecule has 0 saturated heterocycles. The average molecular weight is 442 g/mol. The molecule has 1 amide bonds. The molecule has 162 valence electrons. The lowest BCUT2D eigenvalue weighted by Crippen LogP contribution is -2.41. The number of aromatic nitrogens is 3. The molecule has 0 saturated carbocycles. The van der Waals surface area contributed by atoms with Gasteiger partial charge in [0.1, 0.15) is 16.8 Å². The summed E-state index contributed by atoms with van der Waals surface area (Å²) in [5.41, 5.74) is 4.86. The standard InChI is InChI=1S/C22H24FN5O2S/c1-3-5-18-25-26-22-28(18)27-19(14-6-8-15(23)9-7-14)20(31-22)21(29)24-16-10-12-17(13-11-16)30-4-2/h6-13,19-20,27H,3-5H2,1-2H3,(H,24,29). The Bertz CT molecular complexity index is 1040. The van der Waals surface area contributed by atoms with Crippen LogP contribution in [0.1, 0.15) is 37.7 Å². The number of anilines is 1. The second-order valence-corrected chi connectivity index (χ2v) is 8.24. The van der Waals surface area contributed by atoms with Crippen molar-refractivity contribution in [2.75, 3.05) is 17.3 Å². The Morgan fingerprint density at radius 3 is 2.58 bits per heavy atom. The summed E-state index contributed by atoms with van der Waals surface area (Å²) in [6.45, 7) is 4.57. The number of ether oxygens (including phenoxy) is 1. The molecule has 1 aromatic heterocycles. The number of aryl methyl sites for hydroxylation is 1. The van der Waals surface area contributed by atoms with Gasteiger partial charge >= 0.3 is 0 Å². The van der Waals surface area contributed by atoms with Crippen LogP contribution in [0.25, 0.3) is 0 Å². The van der Waals surface area contributed by atoms with Gasteiger partial charge in [-0.25, -0.2) is 9.07 Å². The lowest BCUT2D eigenvalue weighted by atomic mass is 10.0. The number of nitrogens with one attached hydrogen (secondary N) is 2. The molecule has 2 atom stereocenters. The molecule has 3 aromatic rings. The Balaban J connectivity index is 1.60. The van der Waals surface area contributed by atoms with Crippen molar-refractivity contribution in [1.82, 2.24) is 14.9 Å². The maximum Gasteiger partial charge on any atom is 0.240 e. The quantitative estimate of drug-likeness (QED) is 0.573. The molecule has 2 N–H and O–H groups in total. The molecule has 0 bridgehead atoms. The molecule has 2 unspecified atom stereocenters. The van der Waals surface area contributed by atoms with Crippen LogP contribution in [0.2, 0.25) is 0 Å². The highest BCUT2D eigenvalue weighted by Crippen LogP contribution is 2.37. The maximum atomic E-state index is 13.5. The zero-order valence-corrected chi connectivity index (χ0v) is 18.2. The van der Waals surface area contributed by atoms with E-state index in [0.717, 1.165) is 30.0 Å². The summed E-state index contributed by atoms with van der Waals surface area (Å²) in [7, 11) is 0. The van der Waals surface area contributed by atoms with Gasteiger partial charge in [-0.2, -0.15) is 0 Å². The highest BCUT2D eigenvalue weighted by molar-refractivity contribution is 8.00. The van der Waals surface area contributed by atoms with E-state index in [-0.39, 0.29) is 17.8 Å². The lowest BCUT2D eigenvalue weighted by molar-refractivity contribution is -0.116. The molecule has 2 aromatic carbocycles. The Hall–Kier alpha value is -3.07. The number of halogens is 1. The zero-order chi connectivity index (χ0) is 21.8. The molecule has 1 aliphatic rings. The first-order chi connectivity index (χ1) is 15.1. The summed E-state index contributed by atoms with van der Waals surface area (Å²) in [4.78, 5) is 13.2. The summed E-state index contributed by atoms with van der Waals surface area (Å²) in [5.74, 6) is 1.05. The monoisotopic (exact) mass is 441 g/mol. The zero-order valence-electron chi connectivity index (χ0n) is 17.3. The summed E-state index contributed by atoms with van der Waals surface area (Å²) in [6, 6.07) is 13.0. The smallest absolute Gasteiger partial charge is 0.240 e. The number of carbonyl (C=O) groups is 1. The second-order valence-electron chi connectivity index (χ2n) is 7.13. The predicted molar refractivity (Wildman–Crippen MR) is 118 cm³/mol. The third-order valence-electron chi connectivity index (χ3n) is 4.90. The van der Waals surface area contributed by atoms with E-state index in [1.54, 1.807) is 24.3 Å². The van der Waals surface area contributed by atoms with Gasteiger partial charge in [0.2, 0.25) is 11.1 Å². The number of carbonyl (C=O) groups excluding carboxylic acids is 1. The Morgan fingerprint density at radius 2 is 1.90 bits per heavy atom. The average Bonchev–Trinajstić information content (AvgIpc) is 3.17. The van der Waals surface area contributed by atoms with Crippen molar-refractivity contribution in [3.63, 3.8) is 0 Å². The van der Waals surface area contributed by atoms with Gasteiger partial charge in [-0.05, 0) is 55.3 Å². The molecule has 1 aliphatic heterocycles. The van der Waals surface area contributed by atoms with Crippen LogP contribution < -0.4 is 15.5 Å². The Morgan fingerprint density at radius 1 is 1.16 bits per heavy atom. The minimum atomic E-state index is -0.525. The van der Waals surface area contributed by atoms with Crippen LogP contribution in [0.5, 0.6) is 5.75 Å². The predicted octanol–water partition coefficient (Wildman–Crippen LogP) is 4.17. The third-order valence-corrected chi connectivity index (χ3v) is 6.11. The van der Waals surface area contributed by atoms with E-state index >= 15 is 0 Å². The molecular weight excluding hydrogens is 417 g/mol. The summed E-state index contributed by atoms with van der Waals surface area (Å²) in [5, 5.41) is 11.6. The molecule has 2 heterocycles. The minimum Gasteiger partial charge on any atom is -0.494 e. The van der Waals surface area contributed by atoms with Crippen LogP contribution in [0.3, 0.4) is 0 Å². The number of hydrogen-bond donors (Lipinski definition) is 2. The SMILES string of the molecule is CCCc1nnc2n1NC(c1ccc(F)cc1)C(C(=O)Nc1ccc(OCC)cc1)S2. The van der Waals surface area contributed by atoms with Crippen LogP contribution in [-0.2, 0) is 11.2 Å². The van der Waals surface area contributed by atoms with Gasteiger partial charge in [-0.1, -0.05) is 30.8 Å². The van der Waals surface area contributed by atoms with E-state index in [1.807, 2.05) is 23.7 Å². The topological polar surface area (TPSA) is 81.1 Å². The van der Waals surface area contributed by atoms with Crippen molar-refractivity contribution in [3.8, 4) is 5.75 Å². The highest BCUT2D eigenvalue weighted by Gasteiger charge is 2.37. The van der Waals surface area contributed by atoms with Crippen molar-refractivity contribution in [2.24, 2.45) is 0 Å². The third kappa shape index (κ3) is 4.66. The molecule has 0 fully saturated rings. The van der Waals surface area contributed by atoms with E-state index in [0.29, 0.717) is 17.5 Å². The van der Waals surface area contributed by atoms with E-state index < -0.39 is 5.25 Å². The van der Waals surface area contributed by atoms with Gasteiger partial charge < -0.3 is 15.5 Å². The number of thioether (sulfide) groups is 1. The molecule has 9 heteroatoms. The van der Waals surface area contributed by atoms with Gasteiger partial charge in [-0.15, -0.1) is 10.2 Å². The van der Waals surface area contributed by atoms with E-state index in [2.05, 4.69) is 27.9 Å². The fourth-order valence-electron chi connectivity index (χ4n) is 3.42. The van der Waals surface area contributed by atoms with Crippen LogP contribution in [0, 0.1) is 5.82 Å². The van der Waals surface area contributed by atoms with Crippen LogP contribution >= 0.6 is 11.8 Å². The van der Waals surface area contributed by atoms with Gasteiger partial charge in [-0.3, -0.25) is 4.79 Å². The lowest BCUT2D eigenvalue weighted by Gasteiger charge is -2.33. The maximum absolute atomic E-state index is 13.5. The molecule has 0 spiro atoms. The summed E-state index contributed by atoms with van der Waals surface area (Å²) in [6.07, 6.45) is 1.69. The van der Waals surface area contributed by atoms with Crippen LogP contribution in [0.4, 0.5) is 10.1 Å². The fourth-order valence-corrected chi connectivity index (χ4v) is 4.52. The van der Waals surface area contributed by atoms with E-state index in [4.69, 9.17) is 4.74 Å². The first kappa shape index (κ1) is 21.2. The van der Waals surface area contributed by atoms with Gasteiger partial charge in [0.25, 0.3) is 0 Å².